The molecule has 1 aromatic heterocycles. The molecule has 122 valence electrons. The number of rotatable bonds is 4. The fourth-order valence-electron chi connectivity index (χ4n) is 2.07. The molecule has 0 bridgehead atoms. The first-order valence-electron chi connectivity index (χ1n) is 7.49. The summed E-state index contributed by atoms with van der Waals surface area (Å²) < 4.78 is 0. The van der Waals surface area contributed by atoms with Gasteiger partial charge in [-0.2, -0.15) is 11.3 Å². The quantitative estimate of drug-likeness (QED) is 0.692. The van der Waals surface area contributed by atoms with E-state index in [1.165, 1.54) is 0 Å². The van der Waals surface area contributed by atoms with Gasteiger partial charge in [-0.1, -0.05) is 60.7 Å². The van der Waals surface area contributed by atoms with E-state index in [1.807, 2.05) is 29.0 Å². The van der Waals surface area contributed by atoms with Crippen molar-refractivity contribution in [1.29, 1.82) is 0 Å². The molecular formula is C20H18O3S. The predicted molar refractivity (Wildman–Crippen MR) is 96.7 cm³/mol. The third-order valence-electron chi connectivity index (χ3n) is 3.48. The molecule has 1 N–H and O–H groups in total. The molecule has 3 aromatic rings. The molecule has 24 heavy (non-hydrogen) atoms. The van der Waals surface area contributed by atoms with Crippen molar-refractivity contribution in [3.05, 3.63) is 94.2 Å². The number of carbonyl (C=O) groups is 2. The number of aliphatic carboxylic acids is 1. The zero-order valence-corrected chi connectivity index (χ0v) is 14.1. The fraction of sp³-hybridized carbons (Fsp3) is 0.100. The van der Waals surface area contributed by atoms with Crippen molar-refractivity contribution in [3.63, 3.8) is 0 Å². The summed E-state index contributed by atoms with van der Waals surface area (Å²) in [6.07, 6.45) is 0. The van der Waals surface area contributed by atoms with Crippen molar-refractivity contribution in [2.24, 2.45) is 0 Å². The number of hydrogen-bond donors (Lipinski definition) is 1. The van der Waals surface area contributed by atoms with Crippen LogP contribution < -0.4 is 0 Å². The Morgan fingerprint density at radius 3 is 2.04 bits per heavy atom. The lowest BCUT2D eigenvalue weighted by Gasteiger charge is -2.08. The Bertz CT molecular complexity index is 762. The number of carboxylic acids is 1. The summed E-state index contributed by atoms with van der Waals surface area (Å²) in [7, 11) is 0. The highest BCUT2D eigenvalue weighted by molar-refractivity contribution is 7.07. The molecular weight excluding hydrogens is 320 g/mol. The van der Waals surface area contributed by atoms with Crippen LogP contribution in [0.15, 0.2) is 77.5 Å². The number of thiophene rings is 1. The Hall–Kier alpha value is -2.72. The van der Waals surface area contributed by atoms with Crippen LogP contribution in [0.2, 0.25) is 0 Å². The Kier molecular flexibility index (Phi) is 6.46. The lowest BCUT2D eigenvalue weighted by molar-refractivity contribution is -0.138. The molecule has 0 saturated carbocycles. The van der Waals surface area contributed by atoms with E-state index >= 15 is 0 Å². The van der Waals surface area contributed by atoms with Crippen LogP contribution >= 0.6 is 11.3 Å². The first kappa shape index (κ1) is 17.6. The van der Waals surface area contributed by atoms with Crippen molar-refractivity contribution < 1.29 is 14.7 Å². The molecule has 0 aliphatic rings. The first-order chi connectivity index (χ1) is 11.6. The number of carbonyl (C=O) groups excluding carboxylic acids is 1. The SMILES string of the molecule is CC(C(=O)O)c1cccc(C(=O)c2ccccc2)c1.c1ccsc1. The number of ketones is 1. The summed E-state index contributed by atoms with van der Waals surface area (Å²) in [5.74, 6) is -1.62. The molecule has 0 radical (unpaired) electrons. The van der Waals surface area contributed by atoms with Crippen LogP contribution in [0.25, 0.3) is 0 Å². The van der Waals surface area contributed by atoms with E-state index in [0.29, 0.717) is 16.7 Å². The second-order valence-corrected chi connectivity index (χ2v) is 5.99. The van der Waals surface area contributed by atoms with E-state index in [1.54, 1.807) is 66.8 Å². The van der Waals surface area contributed by atoms with Crippen molar-refractivity contribution in [2.45, 2.75) is 12.8 Å². The fourth-order valence-corrected chi connectivity index (χ4v) is 2.53. The van der Waals surface area contributed by atoms with Crippen molar-refractivity contribution in [2.75, 3.05) is 0 Å². The lowest BCUT2D eigenvalue weighted by atomic mass is 9.96. The molecule has 3 rings (SSSR count). The van der Waals surface area contributed by atoms with E-state index in [4.69, 9.17) is 5.11 Å². The highest BCUT2D eigenvalue weighted by Gasteiger charge is 2.16. The summed E-state index contributed by atoms with van der Waals surface area (Å²) in [6.45, 7) is 1.61. The molecule has 2 aromatic carbocycles. The summed E-state index contributed by atoms with van der Waals surface area (Å²) in [4.78, 5) is 23.2. The number of hydrogen-bond acceptors (Lipinski definition) is 3. The van der Waals surface area contributed by atoms with E-state index in [-0.39, 0.29) is 5.78 Å². The maximum atomic E-state index is 12.2. The lowest BCUT2D eigenvalue weighted by Crippen LogP contribution is -2.09. The van der Waals surface area contributed by atoms with Gasteiger partial charge in [0.15, 0.2) is 5.78 Å². The molecule has 4 heteroatoms. The second kappa shape index (κ2) is 8.79. The largest absolute Gasteiger partial charge is 0.481 e. The van der Waals surface area contributed by atoms with Gasteiger partial charge in [-0.15, -0.1) is 0 Å². The molecule has 0 amide bonds. The third kappa shape index (κ3) is 4.89. The monoisotopic (exact) mass is 338 g/mol. The minimum atomic E-state index is -0.899. The molecule has 3 nitrogen and oxygen atoms in total. The summed E-state index contributed by atoms with van der Waals surface area (Å²) in [5.41, 5.74) is 1.74. The van der Waals surface area contributed by atoms with Crippen LogP contribution in [0.5, 0.6) is 0 Å². The second-order valence-electron chi connectivity index (χ2n) is 5.17. The first-order valence-corrected chi connectivity index (χ1v) is 8.43. The number of carboxylic acid groups (broad SMARTS) is 1. The van der Waals surface area contributed by atoms with E-state index < -0.39 is 11.9 Å². The average Bonchev–Trinajstić information content (AvgIpc) is 3.21. The average molecular weight is 338 g/mol. The Balaban J connectivity index is 0.000000355. The molecule has 0 fully saturated rings. The van der Waals surface area contributed by atoms with Crippen LogP contribution in [0.3, 0.4) is 0 Å². The van der Waals surface area contributed by atoms with Gasteiger partial charge in [0.1, 0.15) is 0 Å². The van der Waals surface area contributed by atoms with Gasteiger partial charge >= 0.3 is 5.97 Å². The van der Waals surface area contributed by atoms with Crippen LogP contribution in [-0.4, -0.2) is 16.9 Å². The Morgan fingerprint density at radius 2 is 1.50 bits per heavy atom. The maximum Gasteiger partial charge on any atom is 0.310 e. The predicted octanol–water partition coefficient (Wildman–Crippen LogP) is 4.85. The zero-order valence-electron chi connectivity index (χ0n) is 13.3. The molecule has 0 saturated heterocycles. The standard InChI is InChI=1S/C16H14O3.C4H4S/c1-11(16(18)19)13-8-5-9-14(10-13)15(17)12-6-3-2-4-7-12;1-2-4-5-3-1/h2-11H,1H3,(H,18,19);1-4H. The minimum absolute atomic E-state index is 0.0972. The molecule has 0 aliphatic heterocycles. The van der Waals surface area contributed by atoms with Gasteiger partial charge in [0.25, 0.3) is 0 Å². The van der Waals surface area contributed by atoms with Crippen LogP contribution in [0, 0.1) is 0 Å². The molecule has 0 spiro atoms. The summed E-state index contributed by atoms with van der Waals surface area (Å²) in [5, 5.41) is 13.1. The Morgan fingerprint density at radius 1 is 0.875 bits per heavy atom. The van der Waals surface area contributed by atoms with Gasteiger partial charge in [0, 0.05) is 11.1 Å². The van der Waals surface area contributed by atoms with Gasteiger partial charge in [0.05, 0.1) is 5.92 Å². The minimum Gasteiger partial charge on any atom is -0.481 e. The van der Waals surface area contributed by atoms with Gasteiger partial charge in [-0.25, -0.2) is 0 Å². The molecule has 1 heterocycles. The molecule has 1 atom stereocenters. The topological polar surface area (TPSA) is 54.4 Å². The molecule has 1 unspecified atom stereocenters. The van der Waals surface area contributed by atoms with E-state index in [9.17, 15) is 9.59 Å². The zero-order chi connectivity index (χ0) is 17.4. The van der Waals surface area contributed by atoms with Gasteiger partial charge in [-0.3, -0.25) is 9.59 Å². The van der Waals surface area contributed by atoms with Gasteiger partial charge in [-0.05, 0) is 29.3 Å². The van der Waals surface area contributed by atoms with Crippen molar-refractivity contribution >= 4 is 23.1 Å². The van der Waals surface area contributed by atoms with Crippen molar-refractivity contribution in [3.8, 4) is 0 Å². The van der Waals surface area contributed by atoms with Crippen LogP contribution in [-0.2, 0) is 4.79 Å². The van der Waals surface area contributed by atoms with Gasteiger partial charge < -0.3 is 5.11 Å². The molecule has 0 aliphatic carbocycles. The van der Waals surface area contributed by atoms with Gasteiger partial charge in [0.2, 0.25) is 0 Å². The maximum absolute atomic E-state index is 12.2. The van der Waals surface area contributed by atoms with Crippen LogP contribution in [0.1, 0.15) is 34.3 Å². The highest BCUT2D eigenvalue weighted by atomic mass is 32.1. The smallest absolute Gasteiger partial charge is 0.310 e. The summed E-state index contributed by atoms with van der Waals surface area (Å²) >= 11 is 1.71. The van der Waals surface area contributed by atoms with Crippen molar-refractivity contribution in [1.82, 2.24) is 0 Å². The third-order valence-corrected chi connectivity index (χ3v) is 4.11. The summed E-state index contributed by atoms with van der Waals surface area (Å²) in [6, 6.07) is 19.8. The normalized spacial score (nSPS) is 11.0. The number of benzene rings is 2. The van der Waals surface area contributed by atoms with Crippen LogP contribution in [0.4, 0.5) is 0 Å². The highest BCUT2D eigenvalue weighted by Crippen LogP contribution is 2.18. The Labute approximate surface area is 145 Å². The van der Waals surface area contributed by atoms with E-state index in [2.05, 4.69) is 0 Å². The van der Waals surface area contributed by atoms with E-state index in [0.717, 1.165) is 0 Å².